The summed E-state index contributed by atoms with van der Waals surface area (Å²) in [5.74, 6) is -0.298. The van der Waals surface area contributed by atoms with E-state index in [1.54, 1.807) is 22.8 Å². The zero-order chi connectivity index (χ0) is 20.8. The third kappa shape index (κ3) is 5.26. The maximum atomic E-state index is 12.9. The van der Waals surface area contributed by atoms with Gasteiger partial charge in [0.2, 0.25) is 11.8 Å². The van der Waals surface area contributed by atoms with Crippen molar-refractivity contribution in [3.05, 3.63) is 33.6 Å². The monoisotopic (exact) mass is 424 g/mol. The molecule has 0 atom stereocenters. The van der Waals surface area contributed by atoms with Gasteiger partial charge in [-0.25, -0.2) is 4.98 Å². The number of hydrogen-bond acceptors (Lipinski definition) is 5. The molecule has 0 unspecified atom stereocenters. The molecule has 28 heavy (non-hydrogen) atoms. The van der Waals surface area contributed by atoms with E-state index >= 15 is 0 Å². The van der Waals surface area contributed by atoms with E-state index in [-0.39, 0.29) is 35.7 Å². The highest BCUT2D eigenvalue weighted by molar-refractivity contribution is 7.99. The number of fused-ring (bicyclic) bond motifs is 1. The molecule has 0 radical (unpaired) electrons. The highest BCUT2D eigenvalue weighted by Gasteiger charge is 2.19. The Balaban J connectivity index is 2.27. The molecule has 0 spiro atoms. The second kappa shape index (κ2) is 9.93. The van der Waals surface area contributed by atoms with Crippen molar-refractivity contribution >= 4 is 46.1 Å². The normalized spacial score (nSPS) is 11.1. The van der Waals surface area contributed by atoms with Crippen molar-refractivity contribution in [3.63, 3.8) is 0 Å². The van der Waals surface area contributed by atoms with Gasteiger partial charge >= 0.3 is 0 Å². The van der Waals surface area contributed by atoms with Crippen LogP contribution in [0.2, 0.25) is 5.02 Å². The minimum Gasteiger partial charge on any atom is -0.355 e. The molecule has 1 aromatic carbocycles. The second-order valence-electron chi connectivity index (χ2n) is 6.47. The standard InChI is InChI=1S/C19H25ClN4O3S/c1-5-21-16(25)10-23(6-2)17(26)11-28-19-22-15-9-13(20)7-8-14(15)18(27)24(19)12(3)4/h7-9,12H,5-6,10-11H2,1-4H3,(H,21,25). The van der Waals surface area contributed by atoms with Gasteiger partial charge in [0.25, 0.3) is 5.56 Å². The van der Waals surface area contributed by atoms with Crippen LogP contribution in [0, 0.1) is 0 Å². The first-order chi connectivity index (χ1) is 13.3. The molecule has 9 heteroatoms. The number of rotatable bonds is 8. The summed E-state index contributed by atoms with van der Waals surface area (Å²) in [7, 11) is 0. The lowest BCUT2D eigenvalue weighted by atomic mass is 10.2. The highest BCUT2D eigenvalue weighted by atomic mass is 35.5. The molecule has 2 rings (SSSR count). The lowest BCUT2D eigenvalue weighted by Gasteiger charge is -2.21. The zero-order valence-corrected chi connectivity index (χ0v) is 18.1. The number of halogens is 1. The Morgan fingerprint density at radius 3 is 2.64 bits per heavy atom. The number of thioether (sulfide) groups is 1. The minimum absolute atomic E-state index is 0.0154. The smallest absolute Gasteiger partial charge is 0.262 e. The Kier molecular flexibility index (Phi) is 7.88. The molecular formula is C19H25ClN4O3S. The van der Waals surface area contributed by atoms with Gasteiger partial charge < -0.3 is 10.2 Å². The maximum Gasteiger partial charge on any atom is 0.262 e. The average molecular weight is 425 g/mol. The van der Waals surface area contributed by atoms with Gasteiger partial charge in [-0.1, -0.05) is 23.4 Å². The van der Waals surface area contributed by atoms with Crippen LogP contribution in [0.3, 0.4) is 0 Å². The van der Waals surface area contributed by atoms with E-state index in [1.165, 1.54) is 16.7 Å². The Hall–Kier alpha value is -2.06. The van der Waals surface area contributed by atoms with Gasteiger partial charge in [-0.05, 0) is 45.9 Å². The fourth-order valence-electron chi connectivity index (χ4n) is 2.73. The van der Waals surface area contributed by atoms with Crippen LogP contribution < -0.4 is 10.9 Å². The fraction of sp³-hybridized carbons (Fsp3) is 0.474. The summed E-state index contributed by atoms with van der Waals surface area (Å²) < 4.78 is 1.58. The van der Waals surface area contributed by atoms with Crippen molar-refractivity contribution in [1.82, 2.24) is 19.8 Å². The number of aromatic nitrogens is 2. The van der Waals surface area contributed by atoms with E-state index in [4.69, 9.17) is 11.6 Å². The minimum atomic E-state index is -0.194. The Labute approximate surface area is 173 Å². The predicted molar refractivity (Wildman–Crippen MR) is 113 cm³/mol. The van der Waals surface area contributed by atoms with E-state index < -0.39 is 0 Å². The molecule has 0 aliphatic rings. The summed E-state index contributed by atoms with van der Waals surface area (Å²) in [4.78, 5) is 43.2. The number of carbonyl (C=O) groups is 2. The summed E-state index contributed by atoms with van der Waals surface area (Å²) in [5, 5.41) is 4.12. The van der Waals surface area contributed by atoms with Crippen molar-refractivity contribution in [3.8, 4) is 0 Å². The van der Waals surface area contributed by atoms with Crippen molar-refractivity contribution in [2.75, 3.05) is 25.4 Å². The molecule has 2 amide bonds. The molecule has 1 heterocycles. The van der Waals surface area contributed by atoms with Crippen LogP contribution in [0.5, 0.6) is 0 Å². The maximum absolute atomic E-state index is 12.9. The summed E-state index contributed by atoms with van der Waals surface area (Å²) >= 11 is 7.22. The van der Waals surface area contributed by atoms with Crippen LogP contribution in [0.4, 0.5) is 0 Å². The van der Waals surface area contributed by atoms with Crippen molar-refractivity contribution < 1.29 is 9.59 Å². The molecule has 0 fully saturated rings. The van der Waals surface area contributed by atoms with Gasteiger partial charge in [0.1, 0.15) is 0 Å². The van der Waals surface area contributed by atoms with Crippen molar-refractivity contribution in [2.45, 2.75) is 38.9 Å². The van der Waals surface area contributed by atoms with Crippen LogP contribution in [-0.4, -0.2) is 51.7 Å². The molecule has 0 saturated carbocycles. The van der Waals surface area contributed by atoms with Crippen LogP contribution in [0.15, 0.2) is 28.2 Å². The first kappa shape index (κ1) is 22.2. The first-order valence-electron chi connectivity index (χ1n) is 9.17. The zero-order valence-electron chi connectivity index (χ0n) is 16.5. The van der Waals surface area contributed by atoms with Gasteiger partial charge in [-0.2, -0.15) is 0 Å². The lowest BCUT2D eigenvalue weighted by molar-refractivity contribution is -0.133. The van der Waals surface area contributed by atoms with Gasteiger partial charge in [0, 0.05) is 24.2 Å². The van der Waals surface area contributed by atoms with Crippen LogP contribution in [0.25, 0.3) is 10.9 Å². The van der Waals surface area contributed by atoms with Gasteiger partial charge in [-0.3, -0.25) is 19.0 Å². The van der Waals surface area contributed by atoms with Gasteiger partial charge in [-0.15, -0.1) is 0 Å². The predicted octanol–water partition coefficient (Wildman–Crippen LogP) is 2.71. The number of nitrogens with one attached hydrogen (secondary N) is 1. The van der Waals surface area contributed by atoms with E-state index in [2.05, 4.69) is 10.3 Å². The molecule has 0 bridgehead atoms. The molecular weight excluding hydrogens is 400 g/mol. The topological polar surface area (TPSA) is 84.3 Å². The van der Waals surface area contributed by atoms with E-state index in [9.17, 15) is 14.4 Å². The number of hydrogen-bond donors (Lipinski definition) is 1. The number of likely N-dealkylation sites (N-methyl/N-ethyl adjacent to an activating group) is 2. The molecule has 152 valence electrons. The van der Waals surface area contributed by atoms with E-state index in [0.29, 0.717) is 34.2 Å². The van der Waals surface area contributed by atoms with Crippen molar-refractivity contribution in [1.29, 1.82) is 0 Å². The average Bonchev–Trinajstić information content (AvgIpc) is 2.63. The van der Waals surface area contributed by atoms with Crippen LogP contribution in [0.1, 0.15) is 33.7 Å². The quantitative estimate of drug-likeness (QED) is 0.520. The Bertz CT molecular complexity index is 929. The lowest BCUT2D eigenvalue weighted by Crippen LogP contribution is -2.41. The van der Waals surface area contributed by atoms with Gasteiger partial charge in [0.15, 0.2) is 5.16 Å². The first-order valence-corrected chi connectivity index (χ1v) is 10.5. The van der Waals surface area contributed by atoms with E-state index in [1.807, 2.05) is 27.7 Å². The van der Waals surface area contributed by atoms with Gasteiger partial charge in [0.05, 0.1) is 23.2 Å². The Morgan fingerprint density at radius 1 is 1.32 bits per heavy atom. The molecule has 1 aromatic heterocycles. The largest absolute Gasteiger partial charge is 0.355 e. The summed E-state index contributed by atoms with van der Waals surface area (Å²) in [6.45, 7) is 8.39. The molecule has 7 nitrogen and oxygen atoms in total. The van der Waals surface area contributed by atoms with Crippen LogP contribution >= 0.6 is 23.4 Å². The third-order valence-electron chi connectivity index (χ3n) is 4.12. The Morgan fingerprint density at radius 2 is 2.04 bits per heavy atom. The summed E-state index contributed by atoms with van der Waals surface area (Å²) in [5.41, 5.74) is 0.334. The van der Waals surface area contributed by atoms with Crippen molar-refractivity contribution in [2.24, 2.45) is 0 Å². The number of nitrogens with zero attached hydrogens (tertiary/aromatic N) is 3. The van der Waals surface area contributed by atoms with E-state index in [0.717, 1.165) is 0 Å². The molecule has 2 aromatic rings. The molecule has 0 saturated heterocycles. The summed E-state index contributed by atoms with van der Waals surface area (Å²) in [6.07, 6.45) is 0. The molecule has 0 aliphatic carbocycles. The number of amides is 2. The molecule has 1 N–H and O–H groups in total. The second-order valence-corrected chi connectivity index (χ2v) is 7.85. The fourth-order valence-corrected chi connectivity index (χ4v) is 3.93. The van der Waals surface area contributed by atoms with Crippen LogP contribution in [-0.2, 0) is 9.59 Å². The number of carbonyl (C=O) groups excluding carboxylic acids is 2. The summed E-state index contributed by atoms with van der Waals surface area (Å²) in [6, 6.07) is 4.85. The molecule has 0 aliphatic heterocycles. The SMILES string of the molecule is CCNC(=O)CN(CC)C(=O)CSc1nc2cc(Cl)ccc2c(=O)n1C(C)C. The highest BCUT2D eigenvalue weighted by Crippen LogP contribution is 2.23. The number of benzene rings is 1. The third-order valence-corrected chi connectivity index (χ3v) is 5.29.